The van der Waals surface area contributed by atoms with Gasteiger partial charge in [-0.3, -0.25) is 0 Å². The second-order valence-electron chi connectivity index (χ2n) is 5.08. The van der Waals surface area contributed by atoms with Crippen molar-refractivity contribution in [2.45, 2.75) is 25.0 Å². The van der Waals surface area contributed by atoms with Gasteiger partial charge in [-0.2, -0.15) is 26.3 Å². The molecule has 2 N–H and O–H groups in total. The lowest BCUT2D eigenvalue weighted by atomic mass is 10.1. The Bertz CT molecular complexity index is 678. The Morgan fingerprint density at radius 1 is 0.917 bits per heavy atom. The van der Waals surface area contributed by atoms with Crippen molar-refractivity contribution in [3.05, 3.63) is 65.2 Å². The predicted octanol–water partition coefficient (Wildman–Crippen LogP) is 4.85. The van der Waals surface area contributed by atoms with Gasteiger partial charge in [0.05, 0.1) is 5.56 Å². The summed E-state index contributed by atoms with van der Waals surface area (Å²) in [4.78, 5) is 0. The number of hydrogen-bond acceptors (Lipinski definition) is 2. The topological polar surface area (TPSA) is 35.2 Å². The van der Waals surface area contributed by atoms with Crippen molar-refractivity contribution in [3.63, 3.8) is 0 Å². The SMILES string of the molecule is N[C@@H](c1ccc(OCc2cccc(C(F)(F)F)c2)cc1)C(F)(F)F. The van der Waals surface area contributed by atoms with Crippen LogP contribution in [0.25, 0.3) is 0 Å². The molecule has 8 heteroatoms. The molecule has 1 atom stereocenters. The minimum Gasteiger partial charge on any atom is -0.489 e. The first-order chi connectivity index (χ1) is 11.1. The molecule has 0 aliphatic rings. The van der Waals surface area contributed by atoms with E-state index in [1.165, 1.54) is 36.4 Å². The van der Waals surface area contributed by atoms with Crippen molar-refractivity contribution in [1.82, 2.24) is 0 Å². The molecule has 2 aromatic rings. The second-order valence-corrected chi connectivity index (χ2v) is 5.08. The first-order valence-corrected chi connectivity index (χ1v) is 6.78. The third-order valence-corrected chi connectivity index (χ3v) is 3.25. The molecule has 0 radical (unpaired) electrons. The number of rotatable bonds is 4. The average Bonchev–Trinajstić information content (AvgIpc) is 2.51. The van der Waals surface area contributed by atoms with E-state index < -0.39 is 24.0 Å². The molecule has 24 heavy (non-hydrogen) atoms. The largest absolute Gasteiger partial charge is 0.489 e. The number of alkyl halides is 6. The van der Waals surface area contributed by atoms with Crippen LogP contribution < -0.4 is 10.5 Å². The third kappa shape index (κ3) is 4.64. The molecule has 0 aliphatic carbocycles. The molecular weight excluding hydrogens is 336 g/mol. The Morgan fingerprint density at radius 3 is 2.08 bits per heavy atom. The molecule has 0 aromatic heterocycles. The van der Waals surface area contributed by atoms with Crippen LogP contribution in [0.3, 0.4) is 0 Å². The van der Waals surface area contributed by atoms with E-state index in [0.717, 1.165) is 12.1 Å². The molecule has 0 fully saturated rings. The van der Waals surface area contributed by atoms with E-state index in [4.69, 9.17) is 10.5 Å². The Hall–Kier alpha value is -2.22. The van der Waals surface area contributed by atoms with Gasteiger partial charge in [0.25, 0.3) is 0 Å². The lowest BCUT2D eigenvalue weighted by molar-refractivity contribution is -0.149. The maximum absolute atomic E-state index is 12.6. The molecule has 0 spiro atoms. The highest BCUT2D eigenvalue weighted by molar-refractivity contribution is 5.30. The Labute approximate surface area is 133 Å². The van der Waals surface area contributed by atoms with E-state index in [-0.39, 0.29) is 17.9 Å². The van der Waals surface area contributed by atoms with Gasteiger partial charge in [-0.25, -0.2) is 0 Å². The molecule has 0 heterocycles. The lowest BCUT2D eigenvalue weighted by Crippen LogP contribution is -2.28. The molecule has 2 nitrogen and oxygen atoms in total. The van der Waals surface area contributed by atoms with Crippen LogP contribution in [-0.2, 0) is 12.8 Å². The first-order valence-electron chi connectivity index (χ1n) is 6.78. The summed E-state index contributed by atoms with van der Waals surface area (Å²) < 4.78 is 80.6. The van der Waals surface area contributed by atoms with Gasteiger partial charge in [-0.05, 0) is 35.4 Å². The molecule has 0 aliphatic heterocycles. The zero-order valence-corrected chi connectivity index (χ0v) is 12.2. The Balaban J connectivity index is 2.03. The maximum atomic E-state index is 12.6. The highest BCUT2D eigenvalue weighted by Crippen LogP contribution is 2.32. The molecule has 0 amide bonds. The van der Waals surface area contributed by atoms with Gasteiger partial charge in [-0.1, -0.05) is 24.3 Å². The summed E-state index contributed by atoms with van der Waals surface area (Å²) in [5.41, 5.74) is 4.44. The van der Waals surface area contributed by atoms with Crippen molar-refractivity contribution in [2.75, 3.05) is 0 Å². The van der Waals surface area contributed by atoms with Gasteiger partial charge in [0.1, 0.15) is 18.4 Å². The highest BCUT2D eigenvalue weighted by atomic mass is 19.4. The van der Waals surface area contributed by atoms with Gasteiger partial charge in [0, 0.05) is 0 Å². The van der Waals surface area contributed by atoms with Crippen molar-refractivity contribution in [3.8, 4) is 5.75 Å². The average molecular weight is 349 g/mol. The van der Waals surface area contributed by atoms with Crippen LogP contribution in [0.2, 0.25) is 0 Å². The summed E-state index contributed by atoms with van der Waals surface area (Å²) in [5.74, 6) is 0.227. The van der Waals surface area contributed by atoms with Crippen molar-refractivity contribution in [2.24, 2.45) is 5.73 Å². The van der Waals surface area contributed by atoms with Crippen LogP contribution in [0.15, 0.2) is 48.5 Å². The fourth-order valence-corrected chi connectivity index (χ4v) is 1.96. The fraction of sp³-hybridized carbons (Fsp3) is 0.250. The van der Waals surface area contributed by atoms with Crippen LogP contribution in [0.5, 0.6) is 5.75 Å². The predicted molar refractivity (Wildman–Crippen MR) is 75.2 cm³/mol. The van der Waals surface area contributed by atoms with Crippen LogP contribution in [0.1, 0.15) is 22.7 Å². The van der Waals surface area contributed by atoms with Crippen LogP contribution in [-0.4, -0.2) is 6.18 Å². The zero-order chi connectivity index (χ0) is 18.0. The molecule has 0 unspecified atom stereocenters. The van der Waals surface area contributed by atoms with E-state index >= 15 is 0 Å². The van der Waals surface area contributed by atoms with Crippen LogP contribution in [0, 0.1) is 0 Å². The molecule has 130 valence electrons. The smallest absolute Gasteiger partial charge is 0.416 e. The monoisotopic (exact) mass is 349 g/mol. The molecular formula is C16H13F6NO. The minimum absolute atomic E-state index is 0.131. The van der Waals surface area contributed by atoms with Gasteiger partial charge in [0.15, 0.2) is 0 Å². The van der Waals surface area contributed by atoms with Gasteiger partial charge < -0.3 is 10.5 Å². The fourth-order valence-electron chi connectivity index (χ4n) is 1.96. The van der Waals surface area contributed by atoms with Gasteiger partial charge in [0.2, 0.25) is 0 Å². The summed E-state index contributed by atoms with van der Waals surface area (Å²) in [7, 11) is 0. The van der Waals surface area contributed by atoms with E-state index in [2.05, 4.69) is 0 Å². The summed E-state index contributed by atoms with van der Waals surface area (Å²) >= 11 is 0. The quantitative estimate of drug-likeness (QED) is 0.801. The number of benzene rings is 2. The molecule has 0 bridgehead atoms. The number of halogens is 6. The Kier molecular flexibility index (Phi) is 5.08. The molecule has 0 saturated carbocycles. The number of ether oxygens (including phenoxy) is 1. The molecule has 0 saturated heterocycles. The van der Waals surface area contributed by atoms with E-state index in [1.807, 2.05) is 0 Å². The van der Waals surface area contributed by atoms with Crippen LogP contribution >= 0.6 is 0 Å². The third-order valence-electron chi connectivity index (χ3n) is 3.25. The number of nitrogens with two attached hydrogens (primary N) is 1. The Morgan fingerprint density at radius 2 is 1.54 bits per heavy atom. The maximum Gasteiger partial charge on any atom is 0.416 e. The van der Waals surface area contributed by atoms with Crippen molar-refractivity contribution >= 4 is 0 Å². The molecule has 2 rings (SSSR count). The van der Waals surface area contributed by atoms with E-state index in [1.54, 1.807) is 0 Å². The number of hydrogen-bond donors (Lipinski definition) is 1. The first kappa shape index (κ1) is 18.1. The van der Waals surface area contributed by atoms with E-state index in [0.29, 0.717) is 5.56 Å². The lowest BCUT2D eigenvalue weighted by Gasteiger charge is -2.16. The zero-order valence-electron chi connectivity index (χ0n) is 12.2. The standard InChI is InChI=1S/C16H13F6NO/c17-15(18,19)12-3-1-2-10(8-12)9-24-13-6-4-11(5-7-13)14(23)16(20,21)22/h1-8,14H,9,23H2/t14-/m0/s1. The normalized spacial score (nSPS) is 13.6. The van der Waals surface area contributed by atoms with Crippen molar-refractivity contribution < 1.29 is 31.1 Å². The van der Waals surface area contributed by atoms with Gasteiger partial charge >= 0.3 is 12.4 Å². The highest BCUT2D eigenvalue weighted by Gasteiger charge is 2.37. The second kappa shape index (κ2) is 6.72. The summed E-state index contributed by atoms with van der Waals surface area (Å²) in [5, 5.41) is 0. The summed E-state index contributed by atoms with van der Waals surface area (Å²) in [6, 6.07) is 7.42. The molecule has 2 aromatic carbocycles. The minimum atomic E-state index is -4.56. The summed E-state index contributed by atoms with van der Waals surface area (Å²) in [6.07, 6.45) is -9.01. The van der Waals surface area contributed by atoms with Crippen molar-refractivity contribution in [1.29, 1.82) is 0 Å². The van der Waals surface area contributed by atoms with Crippen LogP contribution in [0.4, 0.5) is 26.3 Å². The summed E-state index contributed by atoms with van der Waals surface area (Å²) in [6.45, 7) is -0.144. The van der Waals surface area contributed by atoms with Gasteiger partial charge in [-0.15, -0.1) is 0 Å². The van der Waals surface area contributed by atoms with E-state index in [9.17, 15) is 26.3 Å².